The molecule has 3 aliphatic heterocycles. The third-order valence-corrected chi connectivity index (χ3v) is 5.57. The second kappa shape index (κ2) is 7.85. The summed E-state index contributed by atoms with van der Waals surface area (Å²) >= 11 is 0. The van der Waals surface area contributed by atoms with Gasteiger partial charge >= 0.3 is 0 Å². The molecule has 3 saturated heterocycles. The molecule has 0 bridgehead atoms. The number of piperidine rings is 1. The van der Waals surface area contributed by atoms with Crippen molar-refractivity contribution in [3.05, 3.63) is 11.8 Å². The van der Waals surface area contributed by atoms with Gasteiger partial charge in [0.2, 0.25) is 5.95 Å². The van der Waals surface area contributed by atoms with Crippen molar-refractivity contribution in [1.29, 1.82) is 0 Å². The summed E-state index contributed by atoms with van der Waals surface area (Å²) in [6.45, 7) is 6.70. The number of nitrogens with zero attached hydrogens (tertiary/aromatic N) is 4. The monoisotopic (exact) mass is 347 g/mol. The molecule has 0 saturated carbocycles. The van der Waals surface area contributed by atoms with E-state index in [1.165, 1.54) is 32.4 Å². The molecule has 4 heterocycles. The standard InChI is InChI=1S/C18H29N5O2/c24-8-5-19-18-20-16(14-4-9-25-13-14)10-17(21-18)23-11-15(12-23)22-6-2-1-3-7-22/h10,14-15,24H,1-9,11-13H2,(H,19,20,21)/t14-/m1/s1. The van der Waals surface area contributed by atoms with Crippen molar-refractivity contribution in [3.8, 4) is 0 Å². The Morgan fingerprint density at radius 2 is 2.04 bits per heavy atom. The third-order valence-electron chi connectivity index (χ3n) is 5.57. The number of hydrogen-bond donors (Lipinski definition) is 2. The maximum absolute atomic E-state index is 9.07. The Labute approximate surface area is 149 Å². The van der Waals surface area contributed by atoms with Gasteiger partial charge in [0, 0.05) is 44.3 Å². The van der Waals surface area contributed by atoms with Gasteiger partial charge in [-0.25, -0.2) is 4.98 Å². The number of aliphatic hydroxyl groups excluding tert-OH is 1. The fourth-order valence-electron chi connectivity index (χ4n) is 4.00. The zero-order valence-electron chi connectivity index (χ0n) is 14.9. The molecule has 0 radical (unpaired) electrons. The van der Waals surface area contributed by atoms with Gasteiger partial charge in [-0.15, -0.1) is 0 Å². The minimum absolute atomic E-state index is 0.0796. The molecular weight excluding hydrogens is 318 g/mol. The van der Waals surface area contributed by atoms with E-state index in [-0.39, 0.29) is 6.61 Å². The lowest BCUT2D eigenvalue weighted by molar-refractivity contribution is 0.138. The zero-order valence-corrected chi connectivity index (χ0v) is 14.9. The average molecular weight is 347 g/mol. The Bertz CT molecular complexity index is 567. The van der Waals surface area contributed by atoms with Crippen molar-refractivity contribution in [1.82, 2.24) is 14.9 Å². The summed E-state index contributed by atoms with van der Waals surface area (Å²) in [6.07, 6.45) is 5.08. The molecule has 1 atom stereocenters. The van der Waals surface area contributed by atoms with Crippen LogP contribution in [-0.4, -0.2) is 78.6 Å². The molecule has 7 nitrogen and oxygen atoms in total. The molecule has 138 valence electrons. The van der Waals surface area contributed by atoms with E-state index >= 15 is 0 Å². The smallest absolute Gasteiger partial charge is 0.224 e. The van der Waals surface area contributed by atoms with Crippen LogP contribution in [0.5, 0.6) is 0 Å². The summed E-state index contributed by atoms with van der Waals surface area (Å²) in [6, 6.07) is 2.80. The fourth-order valence-corrected chi connectivity index (χ4v) is 4.00. The largest absolute Gasteiger partial charge is 0.395 e. The molecule has 0 unspecified atom stereocenters. The van der Waals surface area contributed by atoms with Crippen LogP contribution in [0.15, 0.2) is 6.07 Å². The normalized spacial score (nSPS) is 25.2. The Morgan fingerprint density at radius 3 is 2.76 bits per heavy atom. The van der Waals surface area contributed by atoms with Crippen molar-refractivity contribution in [2.75, 3.05) is 62.8 Å². The SMILES string of the molecule is OCCNc1nc([C@@H]2CCOC2)cc(N2CC(N3CCCCC3)C2)n1. The number of anilines is 2. The van der Waals surface area contributed by atoms with E-state index in [1.807, 2.05) is 0 Å². The van der Waals surface area contributed by atoms with Crippen LogP contribution in [0.1, 0.15) is 37.3 Å². The van der Waals surface area contributed by atoms with Crippen molar-refractivity contribution in [3.63, 3.8) is 0 Å². The highest BCUT2D eigenvalue weighted by Gasteiger charge is 2.34. The number of ether oxygens (including phenoxy) is 1. The minimum atomic E-state index is 0.0796. The summed E-state index contributed by atoms with van der Waals surface area (Å²) in [5.41, 5.74) is 1.06. The highest BCUT2D eigenvalue weighted by Crippen LogP contribution is 2.30. The van der Waals surface area contributed by atoms with Crippen molar-refractivity contribution in [2.45, 2.75) is 37.6 Å². The molecule has 1 aromatic rings. The molecular formula is C18H29N5O2. The van der Waals surface area contributed by atoms with Gasteiger partial charge in [0.25, 0.3) is 0 Å². The molecule has 2 N–H and O–H groups in total. The van der Waals surface area contributed by atoms with E-state index in [1.54, 1.807) is 0 Å². The molecule has 0 aliphatic carbocycles. The Morgan fingerprint density at radius 1 is 1.20 bits per heavy atom. The van der Waals surface area contributed by atoms with E-state index in [9.17, 15) is 0 Å². The lowest BCUT2D eigenvalue weighted by Crippen LogP contribution is -2.60. The summed E-state index contributed by atoms with van der Waals surface area (Å²) in [7, 11) is 0. The van der Waals surface area contributed by atoms with Crippen LogP contribution in [0.4, 0.5) is 11.8 Å². The molecule has 7 heteroatoms. The van der Waals surface area contributed by atoms with Crippen molar-refractivity contribution >= 4 is 11.8 Å². The number of aromatic nitrogens is 2. The number of likely N-dealkylation sites (tertiary alicyclic amines) is 1. The van der Waals surface area contributed by atoms with Crippen LogP contribution < -0.4 is 10.2 Å². The zero-order chi connectivity index (χ0) is 17.1. The van der Waals surface area contributed by atoms with E-state index in [2.05, 4.69) is 31.2 Å². The molecule has 1 aromatic heterocycles. The van der Waals surface area contributed by atoms with E-state index in [4.69, 9.17) is 9.84 Å². The Kier molecular flexibility index (Phi) is 5.33. The number of aliphatic hydroxyl groups is 1. The van der Waals surface area contributed by atoms with Crippen molar-refractivity contribution in [2.24, 2.45) is 0 Å². The second-order valence-electron chi connectivity index (χ2n) is 7.34. The predicted octanol–water partition coefficient (Wildman–Crippen LogP) is 1.06. The van der Waals surface area contributed by atoms with Gasteiger partial charge in [-0.05, 0) is 32.4 Å². The summed E-state index contributed by atoms with van der Waals surface area (Å²) < 4.78 is 5.53. The Balaban J connectivity index is 1.45. The van der Waals surface area contributed by atoms with Gasteiger partial charge in [0.1, 0.15) is 5.82 Å². The summed E-state index contributed by atoms with van der Waals surface area (Å²) in [5.74, 6) is 1.98. The van der Waals surface area contributed by atoms with Gasteiger partial charge < -0.3 is 20.1 Å². The first kappa shape index (κ1) is 17.0. The topological polar surface area (TPSA) is 73.8 Å². The predicted molar refractivity (Wildman–Crippen MR) is 97.2 cm³/mol. The summed E-state index contributed by atoms with van der Waals surface area (Å²) in [5, 5.41) is 12.2. The molecule has 3 aliphatic rings. The van der Waals surface area contributed by atoms with E-state index in [0.717, 1.165) is 44.2 Å². The van der Waals surface area contributed by atoms with E-state index < -0.39 is 0 Å². The maximum atomic E-state index is 9.07. The van der Waals surface area contributed by atoms with Gasteiger partial charge in [-0.2, -0.15) is 4.98 Å². The lowest BCUT2D eigenvalue weighted by atomic mass is 10.0. The molecule has 25 heavy (non-hydrogen) atoms. The molecule has 0 aromatic carbocycles. The van der Waals surface area contributed by atoms with Crippen LogP contribution in [0.2, 0.25) is 0 Å². The van der Waals surface area contributed by atoms with Crippen LogP contribution in [0.25, 0.3) is 0 Å². The van der Waals surface area contributed by atoms with Crippen LogP contribution >= 0.6 is 0 Å². The van der Waals surface area contributed by atoms with Gasteiger partial charge in [0.05, 0.1) is 18.9 Å². The molecule has 3 fully saturated rings. The Hall–Kier alpha value is -1.44. The number of hydrogen-bond acceptors (Lipinski definition) is 7. The van der Waals surface area contributed by atoms with Crippen LogP contribution in [0, 0.1) is 0 Å². The van der Waals surface area contributed by atoms with Crippen LogP contribution in [-0.2, 0) is 4.74 Å². The first-order valence-corrected chi connectivity index (χ1v) is 9.64. The molecule has 0 amide bonds. The van der Waals surface area contributed by atoms with Gasteiger partial charge in [-0.3, -0.25) is 4.90 Å². The van der Waals surface area contributed by atoms with Crippen LogP contribution in [0.3, 0.4) is 0 Å². The van der Waals surface area contributed by atoms with Crippen molar-refractivity contribution < 1.29 is 9.84 Å². The first-order valence-electron chi connectivity index (χ1n) is 9.64. The minimum Gasteiger partial charge on any atom is -0.395 e. The number of nitrogens with one attached hydrogen (secondary N) is 1. The maximum Gasteiger partial charge on any atom is 0.224 e. The second-order valence-corrected chi connectivity index (χ2v) is 7.34. The first-order chi connectivity index (χ1) is 12.3. The third kappa shape index (κ3) is 3.88. The highest BCUT2D eigenvalue weighted by molar-refractivity contribution is 5.48. The highest BCUT2D eigenvalue weighted by atomic mass is 16.5. The fraction of sp³-hybridized carbons (Fsp3) is 0.778. The summed E-state index contributed by atoms with van der Waals surface area (Å²) in [4.78, 5) is 14.3. The van der Waals surface area contributed by atoms with Gasteiger partial charge in [0.15, 0.2) is 0 Å². The molecule has 4 rings (SSSR count). The van der Waals surface area contributed by atoms with Gasteiger partial charge in [-0.1, -0.05) is 6.42 Å². The quantitative estimate of drug-likeness (QED) is 0.797. The lowest BCUT2D eigenvalue weighted by Gasteiger charge is -2.47. The average Bonchev–Trinajstić information content (AvgIpc) is 3.14. The number of rotatable bonds is 6. The molecule has 0 spiro atoms. The van der Waals surface area contributed by atoms with E-state index in [0.29, 0.717) is 24.5 Å².